The van der Waals surface area contributed by atoms with Gasteiger partial charge in [-0.05, 0) is 37.3 Å². The molecule has 0 aliphatic heterocycles. The number of nitrogens with two attached hydrogens (primary N) is 1. The van der Waals surface area contributed by atoms with Crippen LogP contribution in [0.5, 0.6) is 5.75 Å². The molecule has 0 aliphatic carbocycles. The summed E-state index contributed by atoms with van der Waals surface area (Å²) in [5, 5.41) is 0. The topological polar surface area (TPSA) is 35.2 Å². The first kappa shape index (κ1) is 13.9. The lowest BCUT2D eigenvalue weighted by Gasteiger charge is -2.07. The molecule has 0 radical (unpaired) electrons. The number of thioether (sulfide) groups is 1. The fraction of sp³-hybridized carbons (Fsp3) is 0.500. The molecule has 1 aromatic carbocycles. The van der Waals surface area contributed by atoms with Gasteiger partial charge in [0.25, 0.3) is 0 Å². The van der Waals surface area contributed by atoms with Crippen molar-refractivity contribution < 1.29 is 4.74 Å². The third kappa shape index (κ3) is 6.40. The average molecular weight is 304 g/mol. The predicted octanol–water partition coefficient (Wildman–Crippen LogP) is 3.30. The van der Waals surface area contributed by atoms with Gasteiger partial charge < -0.3 is 10.5 Å². The quantitative estimate of drug-likeness (QED) is 0.785. The number of hydrogen-bond acceptors (Lipinski definition) is 3. The minimum atomic E-state index is 0.304. The van der Waals surface area contributed by atoms with Crippen LogP contribution in [-0.2, 0) is 0 Å². The van der Waals surface area contributed by atoms with Gasteiger partial charge in [0.2, 0.25) is 0 Å². The second-order valence-corrected chi connectivity index (χ2v) is 5.82. The molecule has 1 rings (SSSR count). The smallest absolute Gasteiger partial charge is 0.120 e. The minimum Gasteiger partial charge on any atom is -0.493 e. The Hall–Kier alpha value is -0.190. The molecule has 2 nitrogen and oxygen atoms in total. The molecule has 1 atom stereocenters. The van der Waals surface area contributed by atoms with Crippen LogP contribution < -0.4 is 10.5 Å². The molecule has 2 N–H and O–H groups in total. The molecule has 16 heavy (non-hydrogen) atoms. The van der Waals surface area contributed by atoms with E-state index in [0.29, 0.717) is 6.04 Å². The Balaban J connectivity index is 2.07. The maximum absolute atomic E-state index is 5.67. The largest absolute Gasteiger partial charge is 0.493 e. The standard InChI is InChI=1S/C12H18BrNOS/c1-10(14)5-7-16-8-6-15-12-4-2-3-11(13)9-12/h2-4,9-10H,5-8,14H2,1H3. The summed E-state index contributed by atoms with van der Waals surface area (Å²) in [5.74, 6) is 3.04. The van der Waals surface area contributed by atoms with Gasteiger partial charge >= 0.3 is 0 Å². The molecule has 0 saturated carbocycles. The van der Waals surface area contributed by atoms with Crippen molar-refractivity contribution in [2.45, 2.75) is 19.4 Å². The molecule has 1 unspecified atom stereocenters. The summed E-state index contributed by atoms with van der Waals surface area (Å²) in [6.07, 6.45) is 1.07. The molecule has 0 saturated heterocycles. The lowest BCUT2D eigenvalue weighted by atomic mass is 10.3. The first-order valence-electron chi connectivity index (χ1n) is 5.40. The Morgan fingerprint density at radius 2 is 2.25 bits per heavy atom. The third-order valence-corrected chi connectivity index (χ3v) is 3.48. The normalized spacial score (nSPS) is 12.4. The average Bonchev–Trinajstić information content (AvgIpc) is 2.23. The van der Waals surface area contributed by atoms with Crippen LogP contribution >= 0.6 is 27.7 Å². The first-order valence-corrected chi connectivity index (χ1v) is 7.35. The molecule has 0 bridgehead atoms. The SMILES string of the molecule is CC(N)CCSCCOc1cccc(Br)c1. The number of halogens is 1. The van der Waals surface area contributed by atoms with Gasteiger partial charge in [0.1, 0.15) is 5.75 Å². The molecule has 0 spiro atoms. The lowest BCUT2D eigenvalue weighted by molar-refractivity contribution is 0.343. The van der Waals surface area contributed by atoms with Crippen molar-refractivity contribution in [1.82, 2.24) is 0 Å². The number of rotatable bonds is 7. The molecular weight excluding hydrogens is 286 g/mol. The van der Waals surface area contributed by atoms with Crippen molar-refractivity contribution in [2.75, 3.05) is 18.1 Å². The van der Waals surface area contributed by atoms with Gasteiger partial charge in [0.05, 0.1) is 6.61 Å². The van der Waals surface area contributed by atoms with E-state index in [-0.39, 0.29) is 0 Å². The van der Waals surface area contributed by atoms with E-state index >= 15 is 0 Å². The molecular formula is C12H18BrNOS. The third-order valence-electron chi connectivity index (χ3n) is 2.01. The zero-order valence-corrected chi connectivity index (χ0v) is 11.9. The van der Waals surface area contributed by atoms with Crippen LogP contribution in [0.3, 0.4) is 0 Å². The molecule has 1 aromatic rings. The molecule has 0 fully saturated rings. The van der Waals surface area contributed by atoms with Crippen LogP contribution in [0.25, 0.3) is 0 Å². The van der Waals surface area contributed by atoms with Gasteiger partial charge in [-0.2, -0.15) is 11.8 Å². The summed E-state index contributed by atoms with van der Waals surface area (Å²) >= 11 is 5.30. The van der Waals surface area contributed by atoms with Crippen LogP contribution in [0.4, 0.5) is 0 Å². The van der Waals surface area contributed by atoms with Crippen molar-refractivity contribution in [3.8, 4) is 5.75 Å². The molecule has 0 heterocycles. The summed E-state index contributed by atoms with van der Waals surface area (Å²) in [6, 6.07) is 8.22. The highest BCUT2D eigenvalue weighted by Gasteiger charge is 1.96. The van der Waals surface area contributed by atoms with Gasteiger partial charge in [-0.25, -0.2) is 0 Å². The van der Waals surface area contributed by atoms with Crippen molar-refractivity contribution in [3.05, 3.63) is 28.7 Å². The fourth-order valence-electron chi connectivity index (χ4n) is 1.15. The second kappa shape index (κ2) is 7.98. The zero-order valence-electron chi connectivity index (χ0n) is 9.49. The minimum absolute atomic E-state index is 0.304. The van der Waals surface area contributed by atoms with Crippen molar-refractivity contribution >= 4 is 27.7 Å². The maximum Gasteiger partial charge on any atom is 0.120 e. The van der Waals surface area contributed by atoms with E-state index in [0.717, 1.165) is 34.8 Å². The van der Waals surface area contributed by atoms with E-state index in [1.54, 1.807) is 0 Å². The summed E-state index contributed by atoms with van der Waals surface area (Å²) in [7, 11) is 0. The molecule has 0 aliphatic rings. The Kier molecular flexibility index (Phi) is 6.92. The van der Waals surface area contributed by atoms with E-state index in [2.05, 4.69) is 15.9 Å². The zero-order chi connectivity index (χ0) is 11.8. The summed E-state index contributed by atoms with van der Waals surface area (Å²) < 4.78 is 6.66. The highest BCUT2D eigenvalue weighted by molar-refractivity contribution is 9.10. The second-order valence-electron chi connectivity index (χ2n) is 3.68. The Labute approximate surface area is 110 Å². The van der Waals surface area contributed by atoms with Gasteiger partial charge in [-0.15, -0.1) is 0 Å². The van der Waals surface area contributed by atoms with Crippen LogP contribution in [-0.4, -0.2) is 24.2 Å². The van der Waals surface area contributed by atoms with Crippen molar-refractivity contribution in [2.24, 2.45) is 5.73 Å². The summed E-state index contributed by atoms with van der Waals surface area (Å²) in [5.41, 5.74) is 5.67. The number of hydrogen-bond donors (Lipinski definition) is 1. The monoisotopic (exact) mass is 303 g/mol. The fourth-order valence-corrected chi connectivity index (χ4v) is 2.47. The summed E-state index contributed by atoms with van der Waals surface area (Å²) in [6.45, 7) is 2.79. The van der Waals surface area contributed by atoms with E-state index in [1.807, 2.05) is 43.0 Å². The summed E-state index contributed by atoms with van der Waals surface area (Å²) in [4.78, 5) is 0. The molecule has 4 heteroatoms. The van der Waals surface area contributed by atoms with Crippen LogP contribution in [0, 0.1) is 0 Å². The highest BCUT2D eigenvalue weighted by atomic mass is 79.9. The molecule has 0 aromatic heterocycles. The van der Waals surface area contributed by atoms with E-state index in [9.17, 15) is 0 Å². The van der Waals surface area contributed by atoms with E-state index < -0.39 is 0 Å². The van der Waals surface area contributed by atoms with Crippen LogP contribution in [0.2, 0.25) is 0 Å². The van der Waals surface area contributed by atoms with Crippen molar-refractivity contribution in [3.63, 3.8) is 0 Å². The van der Waals surface area contributed by atoms with Gasteiger partial charge in [0.15, 0.2) is 0 Å². The molecule has 0 amide bonds. The van der Waals surface area contributed by atoms with Gasteiger partial charge in [-0.3, -0.25) is 0 Å². The van der Waals surface area contributed by atoms with E-state index in [1.165, 1.54) is 0 Å². The molecule has 90 valence electrons. The van der Waals surface area contributed by atoms with Crippen LogP contribution in [0.15, 0.2) is 28.7 Å². The number of ether oxygens (including phenoxy) is 1. The Bertz CT molecular complexity index is 307. The van der Waals surface area contributed by atoms with Gasteiger partial charge in [-0.1, -0.05) is 22.0 Å². The Morgan fingerprint density at radius 1 is 1.44 bits per heavy atom. The maximum atomic E-state index is 5.67. The van der Waals surface area contributed by atoms with Crippen LogP contribution in [0.1, 0.15) is 13.3 Å². The first-order chi connectivity index (χ1) is 7.68. The van der Waals surface area contributed by atoms with Crippen molar-refractivity contribution in [1.29, 1.82) is 0 Å². The lowest BCUT2D eigenvalue weighted by Crippen LogP contribution is -2.15. The number of benzene rings is 1. The highest BCUT2D eigenvalue weighted by Crippen LogP contribution is 2.17. The Morgan fingerprint density at radius 3 is 2.94 bits per heavy atom. The predicted molar refractivity (Wildman–Crippen MR) is 75.2 cm³/mol. The van der Waals surface area contributed by atoms with E-state index in [4.69, 9.17) is 10.5 Å². The van der Waals surface area contributed by atoms with Gasteiger partial charge in [0, 0.05) is 16.3 Å².